The Hall–Kier alpha value is -2.15. The standard InChI is InChI=1S/C18H26N6O/c1-18(15-11-21-22(2)12-15)13-24(8-9-25-18)17-10-16(19-14-20-17)23-6-4-3-5-7-23/h10-12,14H,3-9,13H2,1-2H3. The molecule has 0 N–H and O–H groups in total. The summed E-state index contributed by atoms with van der Waals surface area (Å²) in [5.41, 5.74) is 0.730. The third-order valence-electron chi connectivity index (χ3n) is 5.23. The lowest BCUT2D eigenvalue weighted by molar-refractivity contribution is -0.0468. The average Bonchev–Trinajstić information content (AvgIpc) is 3.10. The highest BCUT2D eigenvalue weighted by molar-refractivity contribution is 5.51. The molecule has 134 valence electrons. The van der Waals surface area contributed by atoms with Crippen molar-refractivity contribution in [3.63, 3.8) is 0 Å². The normalized spacial score (nSPS) is 24.6. The number of rotatable bonds is 3. The number of aryl methyl sites for hydroxylation is 1. The minimum absolute atomic E-state index is 0.372. The van der Waals surface area contributed by atoms with E-state index in [-0.39, 0.29) is 5.60 Å². The summed E-state index contributed by atoms with van der Waals surface area (Å²) >= 11 is 0. The molecule has 0 saturated carbocycles. The number of hydrogen-bond acceptors (Lipinski definition) is 6. The van der Waals surface area contributed by atoms with E-state index in [9.17, 15) is 0 Å². The van der Waals surface area contributed by atoms with Gasteiger partial charge in [-0.2, -0.15) is 5.10 Å². The molecule has 1 atom stereocenters. The predicted molar refractivity (Wildman–Crippen MR) is 96.8 cm³/mol. The van der Waals surface area contributed by atoms with Crippen LogP contribution >= 0.6 is 0 Å². The second kappa shape index (κ2) is 6.63. The molecule has 1 unspecified atom stereocenters. The topological polar surface area (TPSA) is 59.3 Å². The Kier molecular flexibility index (Phi) is 4.33. The van der Waals surface area contributed by atoms with E-state index in [1.807, 2.05) is 24.1 Å². The Balaban J connectivity index is 1.55. The first-order valence-electron chi connectivity index (χ1n) is 9.09. The molecule has 2 saturated heterocycles. The fourth-order valence-electron chi connectivity index (χ4n) is 3.74. The molecule has 2 aromatic rings. The van der Waals surface area contributed by atoms with E-state index >= 15 is 0 Å². The van der Waals surface area contributed by atoms with E-state index in [1.54, 1.807) is 6.33 Å². The minimum atomic E-state index is -0.372. The van der Waals surface area contributed by atoms with Crippen LogP contribution in [0.5, 0.6) is 0 Å². The van der Waals surface area contributed by atoms with Gasteiger partial charge in [-0.1, -0.05) is 0 Å². The highest BCUT2D eigenvalue weighted by atomic mass is 16.5. The second-order valence-corrected chi connectivity index (χ2v) is 7.19. The van der Waals surface area contributed by atoms with Crippen LogP contribution in [-0.4, -0.2) is 52.5 Å². The monoisotopic (exact) mass is 342 g/mol. The third kappa shape index (κ3) is 3.33. The van der Waals surface area contributed by atoms with Crippen LogP contribution in [0.25, 0.3) is 0 Å². The SMILES string of the molecule is Cn1cc(C2(C)CN(c3cc(N4CCCCC4)ncn3)CCO2)cn1. The van der Waals surface area contributed by atoms with E-state index in [0.717, 1.165) is 43.4 Å². The molecule has 0 spiro atoms. The molecule has 7 heteroatoms. The summed E-state index contributed by atoms with van der Waals surface area (Å²) in [4.78, 5) is 13.7. The summed E-state index contributed by atoms with van der Waals surface area (Å²) in [7, 11) is 1.93. The smallest absolute Gasteiger partial charge is 0.134 e. The van der Waals surface area contributed by atoms with Gasteiger partial charge in [0.25, 0.3) is 0 Å². The van der Waals surface area contributed by atoms with Gasteiger partial charge in [0.15, 0.2) is 0 Å². The lowest BCUT2D eigenvalue weighted by Gasteiger charge is -2.40. The maximum Gasteiger partial charge on any atom is 0.134 e. The number of anilines is 2. The molecular formula is C18H26N6O. The summed E-state index contributed by atoms with van der Waals surface area (Å²) in [5, 5.41) is 4.30. The zero-order valence-electron chi connectivity index (χ0n) is 15.1. The number of nitrogens with zero attached hydrogens (tertiary/aromatic N) is 6. The fourth-order valence-corrected chi connectivity index (χ4v) is 3.74. The summed E-state index contributed by atoms with van der Waals surface area (Å²) in [6.07, 6.45) is 9.43. The van der Waals surface area contributed by atoms with Crippen LogP contribution in [0.1, 0.15) is 31.7 Å². The number of hydrogen-bond donors (Lipinski definition) is 0. The van der Waals surface area contributed by atoms with Crippen molar-refractivity contribution in [1.29, 1.82) is 0 Å². The Morgan fingerprint density at radius 2 is 1.80 bits per heavy atom. The van der Waals surface area contributed by atoms with Gasteiger partial charge in [0.2, 0.25) is 0 Å². The first-order chi connectivity index (χ1) is 12.1. The molecule has 0 radical (unpaired) electrons. The third-order valence-corrected chi connectivity index (χ3v) is 5.23. The predicted octanol–water partition coefficient (Wildman–Crippen LogP) is 1.95. The van der Waals surface area contributed by atoms with Crippen LogP contribution in [0.3, 0.4) is 0 Å². The first-order valence-corrected chi connectivity index (χ1v) is 9.09. The van der Waals surface area contributed by atoms with Crippen LogP contribution < -0.4 is 9.80 Å². The van der Waals surface area contributed by atoms with Gasteiger partial charge in [0.1, 0.15) is 23.6 Å². The second-order valence-electron chi connectivity index (χ2n) is 7.19. The first kappa shape index (κ1) is 16.3. The van der Waals surface area contributed by atoms with Gasteiger partial charge in [-0.3, -0.25) is 4.68 Å². The van der Waals surface area contributed by atoms with Crippen molar-refractivity contribution in [1.82, 2.24) is 19.7 Å². The van der Waals surface area contributed by atoms with E-state index in [2.05, 4.69) is 37.9 Å². The number of ether oxygens (including phenoxy) is 1. The summed E-state index contributed by atoms with van der Waals surface area (Å²) < 4.78 is 7.94. The van der Waals surface area contributed by atoms with Gasteiger partial charge in [0.05, 0.1) is 19.3 Å². The van der Waals surface area contributed by atoms with E-state index < -0.39 is 0 Å². The van der Waals surface area contributed by atoms with E-state index in [1.165, 1.54) is 19.3 Å². The van der Waals surface area contributed by atoms with Crippen molar-refractivity contribution in [2.45, 2.75) is 31.8 Å². The Labute approximate surface area is 148 Å². The highest BCUT2D eigenvalue weighted by Crippen LogP contribution is 2.31. The molecule has 4 rings (SSSR count). The Morgan fingerprint density at radius 1 is 1.04 bits per heavy atom. The molecule has 25 heavy (non-hydrogen) atoms. The molecule has 0 bridgehead atoms. The number of piperidine rings is 1. The number of aromatic nitrogens is 4. The molecular weight excluding hydrogens is 316 g/mol. The molecule has 7 nitrogen and oxygen atoms in total. The Bertz CT molecular complexity index is 726. The maximum absolute atomic E-state index is 6.11. The summed E-state index contributed by atoms with van der Waals surface area (Å²) in [6.45, 7) is 6.58. The van der Waals surface area contributed by atoms with Crippen molar-refractivity contribution in [3.8, 4) is 0 Å². The zero-order chi connectivity index (χ0) is 17.3. The largest absolute Gasteiger partial charge is 0.367 e. The zero-order valence-corrected chi connectivity index (χ0v) is 15.1. The molecule has 0 amide bonds. The molecule has 2 aliphatic heterocycles. The van der Waals surface area contributed by atoms with Crippen LogP contribution in [-0.2, 0) is 17.4 Å². The summed E-state index contributed by atoms with van der Waals surface area (Å²) in [5.74, 6) is 2.02. The molecule has 0 aliphatic carbocycles. The maximum atomic E-state index is 6.11. The quantitative estimate of drug-likeness (QED) is 0.850. The van der Waals surface area contributed by atoms with Gasteiger partial charge < -0.3 is 14.5 Å². The molecule has 2 fully saturated rings. The van der Waals surface area contributed by atoms with E-state index in [0.29, 0.717) is 6.61 Å². The Morgan fingerprint density at radius 3 is 2.52 bits per heavy atom. The van der Waals surface area contributed by atoms with Crippen molar-refractivity contribution in [2.75, 3.05) is 42.6 Å². The highest BCUT2D eigenvalue weighted by Gasteiger charge is 2.35. The van der Waals surface area contributed by atoms with Crippen molar-refractivity contribution in [2.24, 2.45) is 7.05 Å². The van der Waals surface area contributed by atoms with Gasteiger partial charge in [-0.05, 0) is 26.2 Å². The molecule has 4 heterocycles. The van der Waals surface area contributed by atoms with Crippen molar-refractivity contribution in [3.05, 3.63) is 30.4 Å². The molecule has 0 aromatic carbocycles. The van der Waals surface area contributed by atoms with Crippen molar-refractivity contribution < 1.29 is 4.74 Å². The van der Waals surface area contributed by atoms with Crippen LogP contribution in [0.15, 0.2) is 24.8 Å². The van der Waals surface area contributed by atoms with E-state index in [4.69, 9.17) is 4.74 Å². The number of morpholine rings is 1. The van der Waals surface area contributed by atoms with Gasteiger partial charge in [-0.25, -0.2) is 9.97 Å². The molecule has 2 aliphatic rings. The minimum Gasteiger partial charge on any atom is -0.367 e. The van der Waals surface area contributed by atoms with Gasteiger partial charge in [0, 0.05) is 44.5 Å². The van der Waals surface area contributed by atoms with Gasteiger partial charge in [-0.15, -0.1) is 0 Å². The average molecular weight is 342 g/mol. The van der Waals surface area contributed by atoms with Gasteiger partial charge >= 0.3 is 0 Å². The van der Waals surface area contributed by atoms with Crippen molar-refractivity contribution >= 4 is 11.6 Å². The van der Waals surface area contributed by atoms with Crippen LogP contribution in [0.2, 0.25) is 0 Å². The lowest BCUT2D eigenvalue weighted by Crippen LogP contribution is -2.48. The van der Waals surface area contributed by atoms with Crippen LogP contribution in [0, 0.1) is 0 Å². The fraction of sp³-hybridized carbons (Fsp3) is 0.611. The summed E-state index contributed by atoms with van der Waals surface area (Å²) in [6, 6.07) is 2.13. The van der Waals surface area contributed by atoms with Crippen LogP contribution in [0.4, 0.5) is 11.6 Å². The lowest BCUT2D eigenvalue weighted by atomic mass is 9.97. The molecule has 2 aromatic heterocycles.